The van der Waals surface area contributed by atoms with E-state index in [2.05, 4.69) is 36.9 Å². The maximum Gasteiger partial charge on any atom is 0.274 e. The van der Waals surface area contributed by atoms with Crippen molar-refractivity contribution in [3.8, 4) is 5.75 Å². The summed E-state index contributed by atoms with van der Waals surface area (Å²) in [6.07, 6.45) is 2.65. The number of carbonyl (C=O) groups excluding carboxylic acids is 7. The molecular weight excluding hydrogens is 759 g/mol. The first-order valence-corrected chi connectivity index (χ1v) is 19.9. The molecule has 6 atom stereocenters. The van der Waals surface area contributed by atoms with Gasteiger partial charge in [0.25, 0.3) is 5.91 Å². The highest BCUT2D eigenvalue weighted by Gasteiger charge is 2.40. The quantitative estimate of drug-likeness (QED) is 0.139. The fraction of sp³-hybridized carbons (Fsp3) is 0.429. The highest BCUT2D eigenvalue weighted by Crippen LogP contribution is 2.23. The Morgan fingerprint density at radius 3 is 2.17 bits per heavy atom. The molecule has 2 aliphatic heterocycles. The van der Waals surface area contributed by atoms with Gasteiger partial charge in [0, 0.05) is 25.7 Å². The van der Waals surface area contributed by atoms with Crippen LogP contribution in [-0.2, 0) is 35.2 Å². The molecule has 59 heavy (non-hydrogen) atoms. The molecule has 1 aromatic heterocycles. The molecule has 0 saturated carbocycles. The summed E-state index contributed by atoms with van der Waals surface area (Å²) in [5, 5.41) is 26.6. The lowest BCUT2D eigenvalue weighted by atomic mass is 10.00. The lowest BCUT2D eigenvalue weighted by Crippen LogP contribution is -2.60. The highest BCUT2D eigenvalue weighted by molar-refractivity contribution is 6.00. The van der Waals surface area contributed by atoms with Crippen molar-refractivity contribution in [2.24, 2.45) is 11.7 Å². The lowest BCUT2D eigenvalue weighted by Gasteiger charge is -2.31. The summed E-state index contributed by atoms with van der Waals surface area (Å²) in [6.45, 7) is 3.59. The number of aromatic nitrogens is 1. The van der Waals surface area contributed by atoms with E-state index in [1.54, 1.807) is 30.3 Å². The Morgan fingerprint density at radius 2 is 1.49 bits per heavy atom. The minimum Gasteiger partial charge on any atom is -0.505 e. The predicted molar refractivity (Wildman–Crippen MR) is 216 cm³/mol. The Hall–Kier alpha value is -6.36. The van der Waals surface area contributed by atoms with E-state index in [0.717, 1.165) is 5.56 Å². The smallest absolute Gasteiger partial charge is 0.274 e. The summed E-state index contributed by atoms with van der Waals surface area (Å²) in [5.74, 6) is -5.59. The molecule has 0 radical (unpaired) electrons. The molecule has 2 fully saturated rings. The van der Waals surface area contributed by atoms with Crippen LogP contribution in [-0.4, -0.2) is 106 Å². The molecule has 3 aromatic rings. The van der Waals surface area contributed by atoms with Crippen LogP contribution in [0.3, 0.4) is 0 Å². The average molecular weight is 812 g/mol. The van der Waals surface area contributed by atoms with Crippen LogP contribution in [0.2, 0.25) is 0 Å². The molecule has 17 heteroatoms. The number of benzene rings is 2. The van der Waals surface area contributed by atoms with E-state index in [0.29, 0.717) is 12.0 Å². The Morgan fingerprint density at radius 1 is 0.831 bits per heavy atom. The molecule has 7 amide bonds. The van der Waals surface area contributed by atoms with Crippen LogP contribution >= 0.6 is 0 Å². The van der Waals surface area contributed by atoms with Crippen molar-refractivity contribution < 1.29 is 38.7 Å². The number of hydrogen-bond donors (Lipinski definition) is 8. The molecule has 2 saturated heterocycles. The topological polar surface area (TPSA) is 254 Å². The van der Waals surface area contributed by atoms with Gasteiger partial charge in [0.15, 0.2) is 5.69 Å². The van der Waals surface area contributed by atoms with Crippen molar-refractivity contribution in [3.63, 3.8) is 0 Å². The number of nitrogens with two attached hydrogens (primary N) is 1. The van der Waals surface area contributed by atoms with E-state index in [9.17, 15) is 38.7 Å². The molecule has 0 aliphatic carbocycles. The first kappa shape index (κ1) is 43.8. The van der Waals surface area contributed by atoms with Gasteiger partial charge in [-0.15, -0.1) is 0 Å². The first-order valence-electron chi connectivity index (χ1n) is 19.9. The van der Waals surface area contributed by atoms with Gasteiger partial charge in [0.1, 0.15) is 42.0 Å². The van der Waals surface area contributed by atoms with E-state index in [4.69, 9.17) is 5.73 Å². The normalized spacial score (nSPS) is 23.7. The third kappa shape index (κ3) is 11.8. The summed E-state index contributed by atoms with van der Waals surface area (Å²) in [5.41, 5.74) is 6.55. The van der Waals surface area contributed by atoms with Crippen molar-refractivity contribution >= 4 is 41.4 Å². The third-order valence-corrected chi connectivity index (χ3v) is 10.2. The van der Waals surface area contributed by atoms with Crippen LogP contribution < -0.4 is 37.6 Å². The second-order valence-electron chi connectivity index (χ2n) is 15.1. The minimum atomic E-state index is -1.54. The van der Waals surface area contributed by atoms with Crippen molar-refractivity contribution in [1.29, 1.82) is 0 Å². The number of carbonyl (C=O) groups is 7. The van der Waals surface area contributed by atoms with Crippen LogP contribution in [0.5, 0.6) is 5.75 Å². The Kier molecular flexibility index (Phi) is 15.5. The molecular formula is C42H53N9O8. The van der Waals surface area contributed by atoms with Crippen molar-refractivity contribution in [1.82, 2.24) is 41.8 Å². The fourth-order valence-electron chi connectivity index (χ4n) is 7.16. The second kappa shape index (κ2) is 20.9. The summed E-state index contributed by atoms with van der Waals surface area (Å²) in [6, 6.07) is 12.7. The van der Waals surface area contributed by atoms with Gasteiger partial charge in [-0.2, -0.15) is 0 Å². The number of amides is 7. The average Bonchev–Trinajstić information content (AvgIpc) is 3.72. The molecule has 17 nitrogen and oxygen atoms in total. The first-order chi connectivity index (χ1) is 28.4. The molecule has 3 heterocycles. The number of fused-ring (bicyclic) bond motifs is 1. The molecule has 314 valence electrons. The van der Waals surface area contributed by atoms with Crippen molar-refractivity contribution in [2.45, 2.75) is 88.6 Å². The number of nitrogens with one attached hydrogen (secondary N) is 6. The van der Waals surface area contributed by atoms with Gasteiger partial charge in [0.05, 0.1) is 0 Å². The molecule has 9 N–H and O–H groups in total. The highest BCUT2D eigenvalue weighted by atomic mass is 16.3. The van der Waals surface area contributed by atoms with Crippen molar-refractivity contribution in [3.05, 3.63) is 95.8 Å². The zero-order chi connectivity index (χ0) is 42.5. The maximum atomic E-state index is 14.5. The fourth-order valence-corrected chi connectivity index (χ4v) is 7.16. The summed E-state index contributed by atoms with van der Waals surface area (Å²) in [4.78, 5) is 104. The van der Waals surface area contributed by atoms with Crippen LogP contribution in [0.25, 0.3) is 0 Å². The number of aromatic hydroxyl groups is 1. The van der Waals surface area contributed by atoms with E-state index < -0.39 is 95.6 Å². The molecule has 2 aliphatic rings. The molecule has 0 bridgehead atoms. The van der Waals surface area contributed by atoms with Gasteiger partial charge >= 0.3 is 0 Å². The molecule has 6 unspecified atom stereocenters. The van der Waals surface area contributed by atoms with Gasteiger partial charge in [-0.3, -0.25) is 33.6 Å². The number of hydrogen-bond acceptors (Lipinski definition) is 10. The lowest BCUT2D eigenvalue weighted by molar-refractivity contribution is -0.142. The molecule has 0 spiro atoms. The van der Waals surface area contributed by atoms with Gasteiger partial charge in [0.2, 0.25) is 35.4 Å². The molecule has 2 aromatic carbocycles. The number of pyridine rings is 1. The summed E-state index contributed by atoms with van der Waals surface area (Å²) < 4.78 is 0. The Bertz CT molecular complexity index is 1970. The van der Waals surface area contributed by atoms with E-state index in [1.807, 2.05) is 44.2 Å². The van der Waals surface area contributed by atoms with E-state index in [1.165, 1.54) is 23.2 Å². The Balaban J connectivity index is 1.56. The second-order valence-corrected chi connectivity index (χ2v) is 15.1. The standard InChI is InChI=1S/C42H53N9O8/c1-25(2)22-29-37(54)48-30(23-26-12-5-3-6-13-26)42(59)51-21-11-17-32(51)39(56)50-34(27-14-7-4-8-15-27)40(57)45-24-31(49-41(58)35-33(52)18-10-20-44-35)38(55)46-28(16-9-19-43)36(53)47-29/h3-8,10,12-15,18,20,25,28-32,34,52H,9,11,16-17,19,21-24,43H2,1-2H3,(H,45,57)(H,46,55)(H,47,53)(H,48,54)(H,49,58)(H,50,56). The summed E-state index contributed by atoms with van der Waals surface area (Å²) in [7, 11) is 0. The van der Waals surface area contributed by atoms with Crippen LogP contribution in [0.15, 0.2) is 79.0 Å². The third-order valence-electron chi connectivity index (χ3n) is 10.2. The monoisotopic (exact) mass is 811 g/mol. The van der Waals surface area contributed by atoms with Crippen molar-refractivity contribution in [2.75, 3.05) is 19.6 Å². The number of rotatable bonds is 10. The van der Waals surface area contributed by atoms with Crippen LogP contribution in [0, 0.1) is 5.92 Å². The van der Waals surface area contributed by atoms with Gasteiger partial charge in [-0.05, 0) is 67.8 Å². The van der Waals surface area contributed by atoms with E-state index in [-0.39, 0.29) is 51.1 Å². The largest absolute Gasteiger partial charge is 0.505 e. The minimum absolute atomic E-state index is 0.0473. The maximum absolute atomic E-state index is 14.5. The van der Waals surface area contributed by atoms with Crippen LogP contribution in [0.1, 0.15) is 73.6 Å². The zero-order valence-electron chi connectivity index (χ0n) is 33.2. The van der Waals surface area contributed by atoms with Gasteiger partial charge in [-0.25, -0.2) is 4.98 Å². The molecule has 5 rings (SSSR count). The van der Waals surface area contributed by atoms with Gasteiger partial charge < -0.3 is 47.6 Å². The van der Waals surface area contributed by atoms with Crippen LogP contribution in [0.4, 0.5) is 0 Å². The van der Waals surface area contributed by atoms with Gasteiger partial charge in [-0.1, -0.05) is 74.5 Å². The predicted octanol–water partition coefficient (Wildman–Crippen LogP) is 0.346. The zero-order valence-corrected chi connectivity index (χ0v) is 33.2. The SMILES string of the molecule is CC(C)CC1NC(=O)C(CCCN)NC(=O)C(NC(=O)c2ncccc2O)CNC(=O)C(c2ccccc2)NC(=O)C2CCCN2C(=O)C(Cc2ccccc2)NC1=O. The number of nitrogens with zero attached hydrogens (tertiary/aromatic N) is 2. The van der Waals surface area contributed by atoms with E-state index >= 15 is 0 Å². The Labute approximate surface area is 342 Å². The summed E-state index contributed by atoms with van der Waals surface area (Å²) >= 11 is 0.